The molecule has 22 heavy (non-hydrogen) atoms. The van der Waals surface area contributed by atoms with Crippen molar-refractivity contribution >= 4 is 0 Å². The molecule has 2 aliphatic rings. The Morgan fingerprint density at radius 3 is 2.50 bits per heavy atom. The molecule has 0 spiro atoms. The lowest BCUT2D eigenvalue weighted by Crippen LogP contribution is -2.65. The SMILES string of the molecule is CN1CCC(NC2(Cc3cc(C(C)(C)C)on3)COC2)CC1. The van der Waals surface area contributed by atoms with Crippen molar-refractivity contribution in [1.82, 2.24) is 15.4 Å². The number of hydrogen-bond acceptors (Lipinski definition) is 5. The molecule has 0 radical (unpaired) electrons. The van der Waals surface area contributed by atoms with Crippen LogP contribution in [0.4, 0.5) is 0 Å². The third-order valence-corrected chi connectivity index (χ3v) is 4.80. The molecule has 3 heterocycles. The van der Waals surface area contributed by atoms with Crippen LogP contribution in [0, 0.1) is 0 Å². The molecule has 1 N–H and O–H groups in total. The fourth-order valence-corrected chi connectivity index (χ4v) is 3.27. The third-order valence-electron chi connectivity index (χ3n) is 4.80. The van der Waals surface area contributed by atoms with Crippen LogP contribution in [0.3, 0.4) is 0 Å². The molecule has 2 fully saturated rings. The van der Waals surface area contributed by atoms with E-state index in [-0.39, 0.29) is 11.0 Å². The summed E-state index contributed by atoms with van der Waals surface area (Å²) in [6.45, 7) is 10.3. The summed E-state index contributed by atoms with van der Waals surface area (Å²) in [6, 6.07) is 2.70. The fourth-order valence-electron chi connectivity index (χ4n) is 3.27. The van der Waals surface area contributed by atoms with Crippen LogP contribution in [0.15, 0.2) is 10.6 Å². The molecule has 0 amide bonds. The van der Waals surface area contributed by atoms with Gasteiger partial charge in [0.05, 0.1) is 24.4 Å². The summed E-state index contributed by atoms with van der Waals surface area (Å²) >= 11 is 0. The number of ether oxygens (including phenoxy) is 1. The Kier molecular flexibility index (Phi) is 4.32. The third kappa shape index (κ3) is 3.53. The van der Waals surface area contributed by atoms with E-state index in [1.54, 1.807) is 0 Å². The van der Waals surface area contributed by atoms with Crippen molar-refractivity contribution in [3.63, 3.8) is 0 Å². The van der Waals surface area contributed by atoms with Gasteiger partial charge in [-0.05, 0) is 33.0 Å². The number of aromatic nitrogens is 1. The quantitative estimate of drug-likeness (QED) is 0.921. The van der Waals surface area contributed by atoms with Gasteiger partial charge in [0.25, 0.3) is 0 Å². The van der Waals surface area contributed by atoms with Gasteiger partial charge in [0.1, 0.15) is 5.76 Å². The highest BCUT2D eigenvalue weighted by atomic mass is 16.5. The van der Waals surface area contributed by atoms with Gasteiger partial charge in [-0.15, -0.1) is 0 Å². The van der Waals surface area contributed by atoms with Gasteiger partial charge in [-0.25, -0.2) is 0 Å². The molecule has 1 aromatic heterocycles. The molecule has 0 atom stereocenters. The van der Waals surface area contributed by atoms with Gasteiger partial charge in [0, 0.05) is 23.9 Å². The number of piperidine rings is 1. The van der Waals surface area contributed by atoms with Crippen LogP contribution in [-0.4, -0.2) is 55.0 Å². The van der Waals surface area contributed by atoms with Gasteiger partial charge in [-0.1, -0.05) is 25.9 Å². The number of nitrogens with zero attached hydrogens (tertiary/aromatic N) is 2. The van der Waals surface area contributed by atoms with Gasteiger partial charge in [-0.2, -0.15) is 0 Å². The first kappa shape index (κ1) is 16.0. The molecule has 0 aliphatic carbocycles. The summed E-state index contributed by atoms with van der Waals surface area (Å²) in [5.74, 6) is 0.956. The maximum Gasteiger partial charge on any atom is 0.142 e. The largest absolute Gasteiger partial charge is 0.377 e. The highest BCUT2D eigenvalue weighted by Crippen LogP contribution is 2.28. The van der Waals surface area contributed by atoms with Crippen molar-refractivity contribution in [3.8, 4) is 0 Å². The first-order valence-corrected chi connectivity index (χ1v) is 8.36. The van der Waals surface area contributed by atoms with E-state index in [1.807, 2.05) is 0 Å². The highest BCUT2D eigenvalue weighted by molar-refractivity contribution is 5.17. The topological polar surface area (TPSA) is 50.5 Å². The van der Waals surface area contributed by atoms with Crippen molar-refractivity contribution in [2.24, 2.45) is 0 Å². The molecule has 3 rings (SSSR count). The van der Waals surface area contributed by atoms with Crippen LogP contribution in [0.2, 0.25) is 0 Å². The molecule has 0 saturated carbocycles. The summed E-state index contributed by atoms with van der Waals surface area (Å²) < 4.78 is 11.0. The van der Waals surface area contributed by atoms with E-state index >= 15 is 0 Å². The van der Waals surface area contributed by atoms with E-state index < -0.39 is 0 Å². The molecule has 2 aliphatic heterocycles. The normalized spacial score (nSPS) is 23.5. The van der Waals surface area contributed by atoms with Gasteiger partial charge in [0.2, 0.25) is 0 Å². The number of likely N-dealkylation sites (tertiary alicyclic amines) is 1. The molecule has 0 unspecified atom stereocenters. The fraction of sp³-hybridized carbons (Fsp3) is 0.824. The zero-order chi connectivity index (χ0) is 15.8. The summed E-state index contributed by atoms with van der Waals surface area (Å²) in [6.07, 6.45) is 3.31. The molecular formula is C17H29N3O2. The van der Waals surface area contributed by atoms with Crippen molar-refractivity contribution in [2.45, 2.75) is 57.0 Å². The first-order valence-electron chi connectivity index (χ1n) is 8.36. The van der Waals surface area contributed by atoms with Gasteiger partial charge in [-0.3, -0.25) is 0 Å². The van der Waals surface area contributed by atoms with E-state index in [9.17, 15) is 0 Å². The minimum Gasteiger partial charge on any atom is -0.377 e. The zero-order valence-corrected chi connectivity index (χ0v) is 14.3. The Morgan fingerprint density at radius 1 is 1.32 bits per heavy atom. The molecule has 1 aromatic rings. The predicted octanol–water partition coefficient (Wildman–Crippen LogP) is 1.97. The minimum absolute atomic E-state index is 0.00983. The summed E-state index contributed by atoms with van der Waals surface area (Å²) in [7, 11) is 2.20. The van der Waals surface area contributed by atoms with E-state index in [0.29, 0.717) is 6.04 Å². The van der Waals surface area contributed by atoms with Crippen molar-refractivity contribution in [3.05, 3.63) is 17.5 Å². The Morgan fingerprint density at radius 2 is 2.00 bits per heavy atom. The lowest BCUT2D eigenvalue weighted by molar-refractivity contribution is -0.0823. The number of nitrogens with one attached hydrogen (secondary N) is 1. The highest BCUT2D eigenvalue weighted by Gasteiger charge is 2.41. The van der Waals surface area contributed by atoms with Crippen molar-refractivity contribution < 1.29 is 9.26 Å². The van der Waals surface area contributed by atoms with Crippen LogP contribution in [0.5, 0.6) is 0 Å². The van der Waals surface area contributed by atoms with E-state index in [2.05, 4.69) is 49.3 Å². The molecule has 0 bridgehead atoms. The second-order valence-corrected chi connectivity index (χ2v) is 8.10. The van der Waals surface area contributed by atoms with Crippen LogP contribution in [0.1, 0.15) is 45.1 Å². The Bertz CT molecular complexity index is 494. The van der Waals surface area contributed by atoms with Crippen LogP contribution >= 0.6 is 0 Å². The maximum atomic E-state index is 5.52. The van der Waals surface area contributed by atoms with Gasteiger partial charge >= 0.3 is 0 Å². The lowest BCUT2D eigenvalue weighted by atomic mass is 9.87. The standard InChI is InChI=1S/C17H29N3O2/c1-16(2,3)15-9-14(19-22-15)10-17(11-21-12-17)18-13-5-7-20(4)8-6-13/h9,13,18H,5-8,10-12H2,1-4H3. The number of rotatable bonds is 4. The van der Waals surface area contributed by atoms with Gasteiger partial charge in [0.15, 0.2) is 0 Å². The summed E-state index contributed by atoms with van der Waals surface area (Å²) in [4.78, 5) is 2.40. The number of hydrogen-bond donors (Lipinski definition) is 1. The van der Waals surface area contributed by atoms with E-state index in [0.717, 1.165) is 31.1 Å². The molecule has 124 valence electrons. The molecular weight excluding hydrogens is 278 g/mol. The zero-order valence-electron chi connectivity index (χ0n) is 14.3. The van der Waals surface area contributed by atoms with E-state index in [4.69, 9.17) is 9.26 Å². The van der Waals surface area contributed by atoms with Crippen molar-refractivity contribution in [1.29, 1.82) is 0 Å². The Labute approximate surface area is 133 Å². The molecule has 2 saturated heterocycles. The maximum absolute atomic E-state index is 5.52. The molecule has 0 aromatic carbocycles. The summed E-state index contributed by atoms with van der Waals surface area (Å²) in [5.41, 5.74) is 1.09. The average Bonchev–Trinajstić information content (AvgIpc) is 2.87. The smallest absolute Gasteiger partial charge is 0.142 e. The second-order valence-electron chi connectivity index (χ2n) is 8.10. The van der Waals surface area contributed by atoms with E-state index in [1.165, 1.54) is 25.9 Å². The van der Waals surface area contributed by atoms with Gasteiger partial charge < -0.3 is 19.5 Å². The second kappa shape index (κ2) is 5.95. The van der Waals surface area contributed by atoms with Crippen LogP contribution in [0.25, 0.3) is 0 Å². The Balaban J connectivity index is 1.62. The summed E-state index contributed by atoms with van der Waals surface area (Å²) in [5, 5.41) is 8.13. The molecule has 5 heteroatoms. The lowest BCUT2D eigenvalue weighted by Gasteiger charge is -2.45. The monoisotopic (exact) mass is 307 g/mol. The minimum atomic E-state index is 0.00983. The molecule has 5 nitrogen and oxygen atoms in total. The van der Waals surface area contributed by atoms with Crippen molar-refractivity contribution in [2.75, 3.05) is 33.4 Å². The predicted molar refractivity (Wildman–Crippen MR) is 86.1 cm³/mol. The average molecular weight is 307 g/mol. The van der Waals surface area contributed by atoms with Crippen LogP contribution in [-0.2, 0) is 16.6 Å². The van der Waals surface area contributed by atoms with Crippen LogP contribution < -0.4 is 5.32 Å². The Hall–Kier alpha value is -0.910. The first-order chi connectivity index (χ1) is 10.4.